The molecule has 0 saturated carbocycles. The quantitative estimate of drug-likeness (QED) is 0.781. The van der Waals surface area contributed by atoms with Crippen molar-refractivity contribution in [3.63, 3.8) is 0 Å². The van der Waals surface area contributed by atoms with E-state index < -0.39 is 27.2 Å². The van der Waals surface area contributed by atoms with E-state index in [0.29, 0.717) is 17.7 Å². The first-order valence-corrected chi connectivity index (χ1v) is 8.55. The first kappa shape index (κ1) is 16.3. The number of hydrogen-bond acceptors (Lipinski definition) is 5. The highest BCUT2D eigenvalue weighted by atomic mass is 32.2. The van der Waals surface area contributed by atoms with Crippen LogP contribution in [0.4, 0.5) is 0 Å². The molecule has 1 heterocycles. The van der Waals surface area contributed by atoms with E-state index in [4.69, 9.17) is 10.5 Å². The van der Waals surface area contributed by atoms with Gasteiger partial charge in [-0.3, -0.25) is 9.59 Å². The predicted octanol–water partition coefficient (Wildman–Crippen LogP) is -0.142. The first-order chi connectivity index (χ1) is 10.2. The summed E-state index contributed by atoms with van der Waals surface area (Å²) >= 11 is 0. The Bertz CT molecular complexity index is 684. The summed E-state index contributed by atoms with van der Waals surface area (Å²) in [6.45, 7) is 1.47. The molecule has 3 N–H and O–H groups in total. The number of nitrogens with two attached hydrogens (primary N) is 1. The van der Waals surface area contributed by atoms with Gasteiger partial charge in [0, 0.05) is 5.56 Å². The van der Waals surface area contributed by atoms with E-state index in [0.717, 1.165) is 0 Å². The minimum absolute atomic E-state index is 0.0565. The Balaban J connectivity index is 1.87. The van der Waals surface area contributed by atoms with Crippen LogP contribution < -0.4 is 15.8 Å². The largest absolute Gasteiger partial charge is 0.484 e. The van der Waals surface area contributed by atoms with Gasteiger partial charge in [-0.05, 0) is 37.6 Å². The number of rotatable bonds is 5. The van der Waals surface area contributed by atoms with Crippen LogP contribution in [-0.4, -0.2) is 43.9 Å². The van der Waals surface area contributed by atoms with Crippen LogP contribution in [0.1, 0.15) is 23.7 Å². The van der Waals surface area contributed by atoms with Gasteiger partial charge in [-0.1, -0.05) is 0 Å². The minimum Gasteiger partial charge on any atom is -0.484 e. The van der Waals surface area contributed by atoms with Gasteiger partial charge in [-0.15, -0.1) is 0 Å². The lowest BCUT2D eigenvalue weighted by Crippen LogP contribution is -2.48. The van der Waals surface area contributed by atoms with Crippen molar-refractivity contribution in [1.82, 2.24) is 5.32 Å². The zero-order valence-electron chi connectivity index (χ0n) is 12.2. The summed E-state index contributed by atoms with van der Waals surface area (Å²) in [6.07, 6.45) is 0.397. The van der Waals surface area contributed by atoms with Crippen LogP contribution in [-0.2, 0) is 14.6 Å². The molecule has 8 heteroatoms. The van der Waals surface area contributed by atoms with Gasteiger partial charge in [0.2, 0.25) is 5.91 Å². The topological polar surface area (TPSA) is 116 Å². The molecule has 2 amide bonds. The summed E-state index contributed by atoms with van der Waals surface area (Å²) in [4.78, 5) is 22.8. The fraction of sp³-hybridized carbons (Fsp3) is 0.429. The Kier molecular flexibility index (Phi) is 4.41. The zero-order chi connectivity index (χ0) is 16.4. The molecule has 1 saturated heterocycles. The summed E-state index contributed by atoms with van der Waals surface area (Å²) in [5.74, 6) is -0.485. The third kappa shape index (κ3) is 4.20. The molecule has 0 aromatic heterocycles. The molecular formula is C14H18N2O5S. The van der Waals surface area contributed by atoms with E-state index in [1.807, 2.05) is 0 Å². The molecule has 0 aliphatic carbocycles. The molecular weight excluding hydrogens is 308 g/mol. The second-order valence-corrected chi connectivity index (χ2v) is 7.81. The Hall–Kier alpha value is -2.09. The molecule has 1 aromatic carbocycles. The molecule has 1 aliphatic heterocycles. The second-order valence-electron chi connectivity index (χ2n) is 5.63. The maximum atomic E-state index is 11.9. The molecule has 1 aromatic rings. The normalized spacial score (nSPS) is 23.0. The van der Waals surface area contributed by atoms with E-state index in [-0.39, 0.29) is 18.1 Å². The maximum absolute atomic E-state index is 11.9. The SMILES string of the molecule is C[C@@]1(NC(=O)COc2ccc(C(N)=O)cc2)CCS(=O)(=O)C1. The van der Waals surface area contributed by atoms with Gasteiger partial charge in [-0.2, -0.15) is 0 Å². The Morgan fingerprint density at radius 3 is 2.45 bits per heavy atom. The van der Waals surface area contributed by atoms with Gasteiger partial charge in [0.1, 0.15) is 5.75 Å². The van der Waals surface area contributed by atoms with E-state index >= 15 is 0 Å². The van der Waals surface area contributed by atoms with Crippen LogP contribution in [0.3, 0.4) is 0 Å². The average molecular weight is 326 g/mol. The van der Waals surface area contributed by atoms with Gasteiger partial charge in [-0.25, -0.2) is 8.42 Å². The number of nitrogens with one attached hydrogen (secondary N) is 1. The van der Waals surface area contributed by atoms with Crippen molar-refractivity contribution in [3.05, 3.63) is 29.8 Å². The van der Waals surface area contributed by atoms with Crippen LogP contribution >= 0.6 is 0 Å². The third-order valence-corrected chi connectivity index (χ3v) is 5.36. The predicted molar refractivity (Wildman–Crippen MR) is 80.3 cm³/mol. The number of carbonyl (C=O) groups is 2. The number of carbonyl (C=O) groups excluding carboxylic acids is 2. The van der Waals surface area contributed by atoms with Crippen molar-refractivity contribution in [2.75, 3.05) is 18.1 Å². The first-order valence-electron chi connectivity index (χ1n) is 6.73. The highest BCUT2D eigenvalue weighted by Crippen LogP contribution is 2.22. The smallest absolute Gasteiger partial charge is 0.258 e. The minimum atomic E-state index is -3.08. The molecule has 1 fully saturated rings. The van der Waals surface area contributed by atoms with Crippen molar-refractivity contribution in [2.24, 2.45) is 5.73 Å². The Morgan fingerprint density at radius 2 is 1.95 bits per heavy atom. The fourth-order valence-electron chi connectivity index (χ4n) is 2.35. The molecule has 120 valence electrons. The summed E-state index contributed by atoms with van der Waals surface area (Å²) in [6, 6.07) is 6.07. The molecule has 0 bridgehead atoms. The molecule has 1 atom stereocenters. The maximum Gasteiger partial charge on any atom is 0.258 e. The van der Waals surface area contributed by atoms with Crippen LogP contribution in [0.5, 0.6) is 5.75 Å². The van der Waals surface area contributed by atoms with Gasteiger partial charge >= 0.3 is 0 Å². The van der Waals surface area contributed by atoms with Crippen LogP contribution in [0.15, 0.2) is 24.3 Å². The van der Waals surface area contributed by atoms with Crippen LogP contribution in [0.2, 0.25) is 0 Å². The zero-order valence-corrected chi connectivity index (χ0v) is 13.0. The van der Waals surface area contributed by atoms with Crippen molar-refractivity contribution < 1.29 is 22.7 Å². The summed E-state index contributed by atoms with van der Waals surface area (Å²) in [7, 11) is -3.08. The Labute approximate surface area is 128 Å². The number of sulfone groups is 1. The molecule has 22 heavy (non-hydrogen) atoms. The number of hydrogen-bond donors (Lipinski definition) is 2. The van der Waals surface area contributed by atoms with E-state index in [1.165, 1.54) is 24.3 Å². The molecule has 0 radical (unpaired) electrons. The average Bonchev–Trinajstić information content (AvgIpc) is 2.70. The van der Waals surface area contributed by atoms with Crippen molar-refractivity contribution in [1.29, 1.82) is 0 Å². The molecule has 2 rings (SSSR count). The Morgan fingerprint density at radius 1 is 1.32 bits per heavy atom. The monoisotopic (exact) mass is 326 g/mol. The lowest BCUT2D eigenvalue weighted by atomic mass is 10.0. The standard InChI is InChI=1S/C14H18N2O5S/c1-14(6-7-22(19,20)9-14)16-12(17)8-21-11-4-2-10(3-5-11)13(15)18/h2-5H,6-9H2,1H3,(H2,15,18)(H,16,17)/t14-/m1/s1. The van der Waals surface area contributed by atoms with Crippen LogP contribution in [0.25, 0.3) is 0 Å². The van der Waals surface area contributed by atoms with Crippen LogP contribution in [0, 0.1) is 0 Å². The van der Waals surface area contributed by atoms with Gasteiger partial charge < -0.3 is 15.8 Å². The molecule has 0 unspecified atom stereocenters. The molecule has 7 nitrogen and oxygen atoms in total. The number of ether oxygens (including phenoxy) is 1. The van der Waals surface area contributed by atoms with E-state index in [9.17, 15) is 18.0 Å². The summed E-state index contributed by atoms with van der Waals surface area (Å²) < 4.78 is 28.2. The second kappa shape index (κ2) is 5.96. The van der Waals surface area contributed by atoms with Crippen molar-refractivity contribution >= 4 is 21.7 Å². The number of primary amides is 1. The molecule has 1 aliphatic rings. The van der Waals surface area contributed by atoms with Gasteiger partial charge in [0.15, 0.2) is 16.4 Å². The van der Waals surface area contributed by atoms with Gasteiger partial charge in [0.25, 0.3) is 5.91 Å². The van der Waals surface area contributed by atoms with Gasteiger partial charge in [0.05, 0.1) is 17.0 Å². The number of amides is 2. The van der Waals surface area contributed by atoms with E-state index in [1.54, 1.807) is 6.92 Å². The molecule has 0 spiro atoms. The lowest BCUT2D eigenvalue weighted by molar-refractivity contribution is -0.124. The summed E-state index contributed by atoms with van der Waals surface area (Å²) in [5.41, 5.74) is 4.73. The summed E-state index contributed by atoms with van der Waals surface area (Å²) in [5, 5.41) is 2.69. The van der Waals surface area contributed by atoms with Crippen molar-refractivity contribution in [2.45, 2.75) is 18.9 Å². The lowest BCUT2D eigenvalue weighted by Gasteiger charge is -2.23. The number of benzene rings is 1. The highest BCUT2D eigenvalue weighted by molar-refractivity contribution is 7.91. The third-order valence-electron chi connectivity index (χ3n) is 3.45. The fourth-order valence-corrected chi connectivity index (χ4v) is 4.44. The van der Waals surface area contributed by atoms with Crippen molar-refractivity contribution in [3.8, 4) is 5.75 Å². The highest BCUT2D eigenvalue weighted by Gasteiger charge is 2.39. The van der Waals surface area contributed by atoms with E-state index in [2.05, 4.69) is 5.32 Å².